The molecule has 0 spiro atoms. The molecule has 142 valence electrons. The van der Waals surface area contributed by atoms with Gasteiger partial charge in [-0.25, -0.2) is 0 Å². The molecule has 0 aromatic heterocycles. The molecule has 0 radical (unpaired) electrons. The second kappa shape index (κ2) is 9.63. The molecule has 3 aromatic carbocycles. The number of phenolic OH excluding ortho intramolecular Hbond substituents is 1. The van der Waals surface area contributed by atoms with Crippen molar-refractivity contribution in [2.24, 2.45) is 0 Å². The maximum Gasteiger partial charge on any atom is 0.200 e. The highest BCUT2D eigenvalue weighted by Gasteiger charge is 2.18. The van der Waals surface area contributed by atoms with Crippen molar-refractivity contribution in [1.82, 2.24) is 0 Å². The maximum atomic E-state index is 13.2. The number of Topliss-reactive ketones (excluding diaryl/α,β-unsaturated/α-hetero) is 1. The zero-order chi connectivity index (χ0) is 20.1. The molecule has 0 aliphatic carbocycles. The van der Waals surface area contributed by atoms with E-state index in [1.54, 1.807) is 36.4 Å². The van der Waals surface area contributed by atoms with Crippen molar-refractivity contribution in [3.63, 3.8) is 0 Å². The Hall–Kier alpha value is -1.76. The lowest BCUT2D eigenvalue weighted by atomic mass is 10.1. The fourth-order valence-corrected chi connectivity index (χ4v) is 4.73. The van der Waals surface area contributed by atoms with E-state index in [0.29, 0.717) is 21.2 Å². The van der Waals surface area contributed by atoms with Crippen LogP contribution in [0.2, 0.25) is 5.02 Å². The molecule has 0 heterocycles. The summed E-state index contributed by atoms with van der Waals surface area (Å²) in [5, 5.41) is 10.2. The number of hydrogen-bond acceptors (Lipinski definition) is 3. The fourth-order valence-electron chi connectivity index (χ4n) is 2.54. The van der Waals surface area contributed by atoms with Crippen LogP contribution < -0.4 is 0 Å². The van der Waals surface area contributed by atoms with Gasteiger partial charge in [0.2, 0.25) is 0 Å². The number of ketones is 1. The Kier molecular flexibility index (Phi) is 7.21. The number of phenols is 1. The lowest BCUT2D eigenvalue weighted by Gasteiger charge is -2.11. The van der Waals surface area contributed by atoms with Gasteiger partial charge in [-0.1, -0.05) is 53.6 Å². The highest BCUT2D eigenvalue weighted by atomic mass is 127. The Labute approximate surface area is 187 Å². The third-order valence-corrected chi connectivity index (χ3v) is 7.07. The van der Waals surface area contributed by atoms with Gasteiger partial charge in [0.1, 0.15) is 5.75 Å². The highest BCUT2D eigenvalue weighted by Crippen LogP contribution is 2.37. The summed E-state index contributed by atoms with van der Waals surface area (Å²) in [6, 6.07) is 22.2. The largest absolute Gasteiger partial charge is 0.508 e. The van der Waals surface area contributed by atoms with Crippen LogP contribution in [0.5, 0.6) is 5.75 Å². The lowest BCUT2D eigenvalue weighted by molar-refractivity contribution is 0.104. The van der Waals surface area contributed by atoms with Crippen LogP contribution in [0.3, 0.4) is 0 Å². The number of carbonyl (C=O) groups is 1. The molecule has 0 aliphatic heterocycles. The third-order valence-electron chi connectivity index (χ3n) is 4.14. The number of benzene rings is 3. The Morgan fingerprint density at radius 2 is 1.50 bits per heavy atom. The molecule has 0 saturated carbocycles. The number of aromatic hydroxyl groups is 1. The normalized spacial score (nSPS) is 11.8. The van der Waals surface area contributed by atoms with E-state index in [2.05, 4.69) is 53.8 Å². The number of thioether (sulfide) groups is 1. The molecule has 1 N–H and O–H groups in total. The molecule has 5 heteroatoms. The first kappa shape index (κ1) is 21.0. The average Bonchev–Trinajstić information content (AvgIpc) is 2.70. The van der Waals surface area contributed by atoms with Gasteiger partial charge in [0, 0.05) is 19.9 Å². The Bertz CT molecular complexity index is 994. The molecule has 0 unspecified atom stereocenters. The minimum Gasteiger partial charge on any atom is -0.508 e. The molecular weight excluding hydrogens is 503 g/mol. The molecule has 0 fully saturated rings. The standard InChI is InChI=1S/C23H18ClIO2S/c1-15-2-4-16(5-3-15)14-28-23(21(25)17-8-12-20(26)13-9-17)22(27)18-6-10-19(24)11-7-18/h2-13,26H,14H2,1H3. The van der Waals surface area contributed by atoms with Crippen molar-refractivity contribution in [2.45, 2.75) is 12.7 Å². The first-order chi connectivity index (χ1) is 13.4. The van der Waals surface area contributed by atoms with Crippen LogP contribution in [0.4, 0.5) is 0 Å². The summed E-state index contributed by atoms with van der Waals surface area (Å²) < 4.78 is 0.856. The van der Waals surface area contributed by atoms with Gasteiger partial charge in [-0.2, -0.15) is 0 Å². The van der Waals surface area contributed by atoms with Crippen LogP contribution in [0.1, 0.15) is 27.0 Å². The first-order valence-electron chi connectivity index (χ1n) is 8.62. The predicted octanol–water partition coefficient (Wildman–Crippen LogP) is 7.27. The molecule has 0 atom stereocenters. The van der Waals surface area contributed by atoms with Crippen molar-refractivity contribution in [3.05, 3.63) is 105 Å². The van der Waals surface area contributed by atoms with Crippen molar-refractivity contribution < 1.29 is 9.90 Å². The van der Waals surface area contributed by atoms with Crippen LogP contribution >= 0.6 is 46.0 Å². The Morgan fingerprint density at radius 3 is 2.11 bits per heavy atom. The minimum absolute atomic E-state index is 0.0359. The summed E-state index contributed by atoms with van der Waals surface area (Å²) >= 11 is 9.70. The van der Waals surface area contributed by atoms with Crippen LogP contribution in [0, 0.1) is 6.92 Å². The maximum absolute atomic E-state index is 13.2. The Morgan fingerprint density at radius 1 is 0.929 bits per heavy atom. The third kappa shape index (κ3) is 5.40. The van der Waals surface area contributed by atoms with E-state index in [1.165, 1.54) is 17.3 Å². The molecule has 0 amide bonds. The molecule has 28 heavy (non-hydrogen) atoms. The van der Waals surface area contributed by atoms with Gasteiger partial charge >= 0.3 is 0 Å². The summed E-state index contributed by atoms with van der Waals surface area (Å²) in [5.41, 5.74) is 3.86. The van der Waals surface area contributed by atoms with Gasteiger partial charge in [-0.15, -0.1) is 11.8 Å². The van der Waals surface area contributed by atoms with E-state index in [-0.39, 0.29) is 11.5 Å². The average molecular weight is 521 g/mol. The van der Waals surface area contributed by atoms with E-state index in [4.69, 9.17) is 11.6 Å². The monoisotopic (exact) mass is 520 g/mol. The quantitative estimate of drug-likeness (QED) is 0.211. The molecule has 0 bridgehead atoms. The lowest BCUT2D eigenvalue weighted by Crippen LogP contribution is -2.03. The first-order valence-corrected chi connectivity index (χ1v) is 11.1. The van der Waals surface area contributed by atoms with E-state index < -0.39 is 0 Å². The summed E-state index contributed by atoms with van der Waals surface area (Å²) in [5.74, 6) is 0.858. The number of carbonyl (C=O) groups excluding carboxylic acids is 1. The number of allylic oxidation sites excluding steroid dienone is 1. The number of rotatable bonds is 6. The van der Waals surface area contributed by atoms with E-state index >= 15 is 0 Å². The number of halogens is 2. The van der Waals surface area contributed by atoms with Gasteiger partial charge in [0.15, 0.2) is 5.78 Å². The second-order valence-electron chi connectivity index (χ2n) is 6.30. The second-order valence-corrected chi connectivity index (χ2v) is 8.80. The Balaban J connectivity index is 1.95. The van der Waals surface area contributed by atoms with E-state index in [1.807, 2.05) is 12.1 Å². The topological polar surface area (TPSA) is 37.3 Å². The molecular formula is C23H18ClIO2S. The van der Waals surface area contributed by atoms with E-state index in [9.17, 15) is 9.90 Å². The van der Waals surface area contributed by atoms with E-state index in [0.717, 1.165) is 14.7 Å². The van der Waals surface area contributed by atoms with Gasteiger partial charge in [-0.3, -0.25) is 4.79 Å². The minimum atomic E-state index is -0.0359. The van der Waals surface area contributed by atoms with Crippen LogP contribution in [0.15, 0.2) is 77.7 Å². The van der Waals surface area contributed by atoms with Crippen molar-refractivity contribution in [3.8, 4) is 5.75 Å². The summed E-state index contributed by atoms with van der Waals surface area (Å²) in [6.45, 7) is 2.06. The van der Waals surface area contributed by atoms with Crippen molar-refractivity contribution in [2.75, 3.05) is 0 Å². The number of hydrogen-bond donors (Lipinski definition) is 1. The van der Waals surface area contributed by atoms with Gasteiger partial charge in [0.05, 0.1) is 4.91 Å². The summed E-state index contributed by atoms with van der Waals surface area (Å²) in [6.07, 6.45) is 0. The zero-order valence-electron chi connectivity index (χ0n) is 15.2. The van der Waals surface area contributed by atoms with Gasteiger partial charge in [0.25, 0.3) is 0 Å². The summed E-state index contributed by atoms with van der Waals surface area (Å²) in [4.78, 5) is 13.9. The van der Waals surface area contributed by atoms with Crippen LogP contribution in [-0.2, 0) is 5.75 Å². The molecule has 3 rings (SSSR count). The molecule has 0 aliphatic rings. The van der Waals surface area contributed by atoms with Crippen LogP contribution in [-0.4, -0.2) is 10.9 Å². The smallest absolute Gasteiger partial charge is 0.200 e. The molecule has 3 aromatic rings. The van der Waals surface area contributed by atoms with Gasteiger partial charge in [-0.05, 0) is 77.0 Å². The molecule has 2 nitrogen and oxygen atoms in total. The highest BCUT2D eigenvalue weighted by molar-refractivity contribution is 14.1. The zero-order valence-corrected chi connectivity index (χ0v) is 18.9. The van der Waals surface area contributed by atoms with Gasteiger partial charge < -0.3 is 5.11 Å². The summed E-state index contributed by atoms with van der Waals surface area (Å²) in [7, 11) is 0. The van der Waals surface area contributed by atoms with Crippen molar-refractivity contribution in [1.29, 1.82) is 0 Å². The number of aryl methyl sites for hydroxylation is 1. The predicted molar refractivity (Wildman–Crippen MR) is 127 cm³/mol. The fraction of sp³-hybridized carbons (Fsp3) is 0.0870. The molecule has 0 saturated heterocycles. The van der Waals surface area contributed by atoms with Crippen molar-refractivity contribution >= 4 is 55.3 Å². The SMILES string of the molecule is Cc1ccc(CSC(C(=O)c2ccc(Cl)cc2)=C(I)c2ccc(O)cc2)cc1. The van der Waals surface area contributed by atoms with Crippen LogP contribution in [0.25, 0.3) is 3.58 Å².